The van der Waals surface area contributed by atoms with Crippen molar-refractivity contribution >= 4 is 11.7 Å². The average Bonchev–Trinajstić information content (AvgIpc) is 2.68. The molecule has 1 saturated carbocycles. The Balaban J connectivity index is 2.04. The summed E-state index contributed by atoms with van der Waals surface area (Å²) in [5.41, 5.74) is -0.819. The summed E-state index contributed by atoms with van der Waals surface area (Å²) in [5, 5.41) is 10.3. The fraction of sp³-hybridized carbons (Fsp3) is 0.600. The van der Waals surface area contributed by atoms with Gasteiger partial charge >= 0.3 is 0 Å². The molecule has 1 amide bonds. The van der Waals surface area contributed by atoms with Crippen molar-refractivity contribution in [2.24, 2.45) is 11.3 Å². The lowest BCUT2D eigenvalue weighted by Gasteiger charge is -2.38. The Bertz CT molecular complexity index is 517. The second-order valence-corrected chi connectivity index (χ2v) is 6.18. The third-order valence-corrected chi connectivity index (χ3v) is 4.79. The van der Waals surface area contributed by atoms with Crippen molar-refractivity contribution in [3.05, 3.63) is 23.8 Å². The van der Waals surface area contributed by atoms with Crippen molar-refractivity contribution in [1.29, 1.82) is 0 Å². The summed E-state index contributed by atoms with van der Waals surface area (Å²) in [7, 11) is 1.74. The van der Waals surface area contributed by atoms with E-state index in [4.69, 9.17) is 0 Å². The molecule has 3 rings (SSSR count). The molecule has 3 atom stereocenters. The number of hydrogen-bond donors (Lipinski definition) is 1. The standard InChI is InChI=1S/C15H19NO3/c1-14(19)6-3-10-9-15(7-4-11(10)14)12(17)5-8-16(2)13(15)18/h4,7,9,11,19H,3,5-6,8H2,1-2H3/t11-,14-,15?/m0/s1. The topological polar surface area (TPSA) is 57.6 Å². The van der Waals surface area contributed by atoms with Gasteiger partial charge in [-0.15, -0.1) is 0 Å². The second-order valence-electron chi connectivity index (χ2n) is 6.18. The molecule has 1 unspecified atom stereocenters. The molecule has 3 aliphatic rings. The number of rotatable bonds is 0. The fourth-order valence-electron chi connectivity index (χ4n) is 3.51. The molecular formula is C15H19NO3. The Hall–Kier alpha value is -1.42. The number of ketones is 1. The van der Waals surface area contributed by atoms with E-state index in [1.54, 1.807) is 18.0 Å². The van der Waals surface area contributed by atoms with Crippen LogP contribution < -0.4 is 0 Å². The normalized spacial score (nSPS) is 41.7. The predicted molar refractivity (Wildman–Crippen MR) is 70.3 cm³/mol. The van der Waals surface area contributed by atoms with E-state index in [0.717, 1.165) is 12.0 Å². The Labute approximate surface area is 112 Å². The van der Waals surface area contributed by atoms with Crippen LogP contribution in [0, 0.1) is 11.3 Å². The summed E-state index contributed by atoms with van der Waals surface area (Å²) in [6.45, 7) is 2.31. The van der Waals surface area contributed by atoms with Crippen LogP contribution in [0.25, 0.3) is 0 Å². The van der Waals surface area contributed by atoms with Gasteiger partial charge in [-0.3, -0.25) is 9.59 Å². The van der Waals surface area contributed by atoms with Gasteiger partial charge in [0.1, 0.15) is 5.41 Å². The zero-order valence-corrected chi connectivity index (χ0v) is 11.3. The van der Waals surface area contributed by atoms with Gasteiger partial charge < -0.3 is 10.0 Å². The number of amides is 1. The van der Waals surface area contributed by atoms with Gasteiger partial charge in [-0.05, 0) is 19.8 Å². The fourth-order valence-corrected chi connectivity index (χ4v) is 3.51. The molecule has 0 aromatic heterocycles. The van der Waals surface area contributed by atoms with Gasteiger partial charge in [-0.2, -0.15) is 0 Å². The zero-order valence-electron chi connectivity index (χ0n) is 11.3. The van der Waals surface area contributed by atoms with E-state index in [-0.39, 0.29) is 17.6 Å². The van der Waals surface area contributed by atoms with E-state index in [2.05, 4.69) is 0 Å². The highest BCUT2D eigenvalue weighted by Gasteiger charge is 2.51. The first kappa shape index (κ1) is 12.6. The van der Waals surface area contributed by atoms with E-state index in [0.29, 0.717) is 19.4 Å². The number of likely N-dealkylation sites (tertiary alicyclic amines) is 1. The van der Waals surface area contributed by atoms with Crippen molar-refractivity contribution in [2.45, 2.75) is 31.8 Å². The summed E-state index contributed by atoms with van der Waals surface area (Å²) in [6.07, 6.45) is 7.23. The molecule has 19 heavy (non-hydrogen) atoms. The number of carbonyl (C=O) groups is 2. The van der Waals surface area contributed by atoms with Crippen LogP contribution in [0.2, 0.25) is 0 Å². The Morgan fingerprint density at radius 3 is 2.84 bits per heavy atom. The predicted octanol–water partition coefficient (Wildman–Crippen LogP) is 1.06. The largest absolute Gasteiger partial charge is 0.389 e. The average molecular weight is 261 g/mol. The minimum atomic E-state index is -1.10. The molecule has 1 aliphatic heterocycles. The summed E-state index contributed by atoms with van der Waals surface area (Å²) in [4.78, 5) is 26.3. The first-order chi connectivity index (χ1) is 8.87. The summed E-state index contributed by atoms with van der Waals surface area (Å²) < 4.78 is 0. The summed E-state index contributed by atoms with van der Waals surface area (Å²) >= 11 is 0. The first-order valence-corrected chi connectivity index (χ1v) is 6.79. The summed E-state index contributed by atoms with van der Waals surface area (Å²) in [5.74, 6) is -0.215. The van der Waals surface area contributed by atoms with Gasteiger partial charge in [-0.1, -0.05) is 23.8 Å². The maximum Gasteiger partial charge on any atom is 0.243 e. The highest BCUT2D eigenvalue weighted by Crippen LogP contribution is 2.47. The van der Waals surface area contributed by atoms with Gasteiger partial charge in [0.25, 0.3) is 0 Å². The van der Waals surface area contributed by atoms with Crippen LogP contribution in [-0.4, -0.2) is 40.9 Å². The Morgan fingerprint density at radius 1 is 1.37 bits per heavy atom. The van der Waals surface area contributed by atoms with Crippen LogP contribution in [0.1, 0.15) is 26.2 Å². The third kappa shape index (κ3) is 1.62. The maximum absolute atomic E-state index is 12.4. The van der Waals surface area contributed by atoms with Crippen LogP contribution in [0.5, 0.6) is 0 Å². The molecule has 1 saturated heterocycles. The molecule has 0 bridgehead atoms. The summed E-state index contributed by atoms with van der Waals surface area (Å²) in [6, 6.07) is 0. The van der Waals surface area contributed by atoms with E-state index < -0.39 is 11.0 Å². The number of Topliss-reactive ketones (excluding diaryl/α,β-unsaturated/α-hetero) is 1. The van der Waals surface area contributed by atoms with Gasteiger partial charge in [0, 0.05) is 25.9 Å². The lowest BCUT2D eigenvalue weighted by Crippen LogP contribution is -2.51. The Kier molecular flexibility index (Phi) is 2.52. The van der Waals surface area contributed by atoms with Crippen molar-refractivity contribution in [1.82, 2.24) is 4.90 Å². The van der Waals surface area contributed by atoms with Crippen molar-refractivity contribution in [2.75, 3.05) is 13.6 Å². The van der Waals surface area contributed by atoms with Gasteiger partial charge in [0.05, 0.1) is 5.60 Å². The SMILES string of the molecule is CN1CCC(=O)C2(C=C[C@H]3C(=C2)CC[C@]3(C)O)C1=O. The van der Waals surface area contributed by atoms with Crippen molar-refractivity contribution in [3.63, 3.8) is 0 Å². The number of hydrogen-bond acceptors (Lipinski definition) is 3. The molecule has 1 N–H and O–H groups in total. The minimum absolute atomic E-state index is 0.0238. The lowest BCUT2D eigenvalue weighted by molar-refractivity contribution is -0.147. The van der Waals surface area contributed by atoms with Crippen LogP contribution in [-0.2, 0) is 9.59 Å². The molecule has 2 fully saturated rings. The van der Waals surface area contributed by atoms with E-state index in [9.17, 15) is 14.7 Å². The molecule has 1 spiro atoms. The van der Waals surface area contributed by atoms with E-state index in [1.807, 2.05) is 19.1 Å². The molecule has 0 aromatic carbocycles. The van der Waals surface area contributed by atoms with Gasteiger partial charge in [0.2, 0.25) is 5.91 Å². The number of nitrogens with zero attached hydrogens (tertiary/aromatic N) is 1. The van der Waals surface area contributed by atoms with Crippen LogP contribution >= 0.6 is 0 Å². The van der Waals surface area contributed by atoms with Crippen LogP contribution in [0.3, 0.4) is 0 Å². The van der Waals surface area contributed by atoms with Gasteiger partial charge in [-0.25, -0.2) is 0 Å². The quantitative estimate of drug-likeness (QED) is 0.524. The third-order valence-electron chi connectivity index (χ3n) is 4.79. The number of carbonyl (C=O) groups excluding carboxylic acids is 2. The molecule has 2 aliphatic carbocycles. The molecular weight excluding hydrogens is 242 g/mol. The van der Waals surface area contributed by atoms with E-state index in [1.165, 1.54) is 0 Å². The molecule has 4 nitrogen and oxygen atoms in total. The van der Waals surface area contributed by atoms with Gasteiger partial charge in [0.15, 0.2) is 5.78 Å². The molecule has 4 heteroatoms. The molecule has 1 heterocycles. The number of piperidine rings is 1. The smallest absolute Gasteiger partial charge is 0.243 e. The van der Waals surface area contributed by atoms with E-state index >= 15 is 0 Å². The van der Waals surface area contributed by atoms with Crippen molar-refractivity contribution in [3.8, 4) is 0 Å². The second kappa shape index (κ2) is 3.79. The first-order valence-electron chi connectivity index (χ1n) is 6.79. The molecule has 0 radical (unpaired) electrons. The zero-order chi connectivity index (χ0) is 13.8. The highest BCUT2D eigenvalue weighted by atomic mass is 16.3. The monoisotopic (exact) mass is 261 g/mol. The number of fused-ring (bicyclic) bond motifs is 1. The minimum Gasteiger partial charge on any atom is -0.389 e. The number of aliphatic hydroxyl groups is 1. The van der Waals surface area contributed by atoms with Crippen LogP contribution in [0.15, 0.2) is 23.8 Å². The van der Waals surface area contributed by atoms with Crippen LogP contribution in [0.4, 0.5) is 0 Å². The maximum atomic E-state index is 12.4. The van der Waals surface area contributed by atoms with Crippen molar-refractivity contribution < 1.29 is 14.7 Å². The molecule has 102 valence electrons. The highest BCUT2D eigenvalue weighted by molar-refractivity contribution is 6.12. The Morgan fingerprint density at radius 2 is 2.11 bits per heavy atom. The molecule has 0 aromatic rings. The lowest BCUT2D eigenvalue weighted by atomic mass is 9.71.